The van der Waals surface area contributed by atoms with Gasteiger partial charge in [-0.1, -0.05) is 0 Å². The molecule has 3 aromatic heterocycles. The van der Waals surface area contributed by atoms with Crippen LogP contribution in [0.3, 0.4) is 0 Å². The fraction of sp³-hybridized carbons (Fsp3) is 0.227. The molecule has 31 heavy (non-hydrogen) atoms. The van der Waals surface area contributed by atoms with Gasteiger partial charge in [0.15, 0.2) is 0 Å². The summed E-state index contributed by atoms with van der Waals surface area (Å²) in [6, 6.07) is 7.19. The van der Waals surface area contributed by atoms with E-state index < -0.39 is 6.43 Å². The van der Waals surface area contributed by atoms with Crippen molar-refractivity contribution >= 4 is 22.8 Å². The van der Waals surface area contributed by atoms with Gasteiger partial charge in [0, 0.05) is 48.5 Å². The first-order valence-corrected chi connectivity index (χ1v) is 9.98. The highest BCUT2D eigenvalue weighted by Gasteiger charge is 2.25. The Morgan fingerprint density at radius 1 is 1.26 bits per heavy atom. The summed E-state index contributed by atoms with van der Waals surface area (Å²) in [5, 5.41) is 13.4. The summed E-state index contributed by atoms with van der Waals surface area (Å²) in [7, 11) is 1.57. The van der Waals surface area contributed by atoms with Crippen LogP contribution in [0.5, 0.6) is 0 Å². The summed E-state index contributed by atoms with van der Waals surface area (Å²) in [6.45, 7) is 0.695. The number of halogens is 2. The van der Waals surface area contributed by atoms with Crippen molar-refractivity contribution in [2.24, 2.45) is 0 Å². The number of aromatic nitrogens is 4. The Kier molecular flexibility index (Phi) is 4.65. The molecule has 1 amide bonds. The fourth-order valence-electron chi connectivity index (χ4n) is 4.19. The van der Waals surface area contributed by atoms with Crippen LogP contribution < -0.4 is 10.2 Å². The first-order valence-electron chi connectivity index (χ1n) is 9.98. The molecule has 0 saturated carbocycles. The topological polar surface area (TPSA) is 78.3 Å². The molecule has 9 heteroatoms. The minimum atomic E-state index is -2.61. The first kappa shape index (κ1) is 19.2. The number of hydrogen-bond acceptors (Lipinski definition) is 4. The minimum absolute atomic E-state index is 0.0245. The predicted octanol–water partition coefficient (Wildman–Crippen LogP) is 4.11. The van der Waals surface area contributed by atoms with Crippen LogP contribution in [0.25, 0.3) is 16.6 Å². The van der Waals surface area contributed by atoms with Crippen molar-refractivity contribution in [3.63, 3.8) is 0 Å². The van der Waals surface area contributed by atoms with Crippen LogP contribution >= 0.6 is 0 Å². The number of benzene rings is 1. The van der Waals surface area contributed by atoms with Gasteiger partial charge in [-0.3, -0.25) is 9.89 Å². The molecule has 4 heterocycles. The third kappa shape index (κ3) is 3.22. The first-order chi connectivity index (χ1) is 15.1. The van der Waals surface area contributed by atoms with Gasteiger partial charge in [-0.2, -0.15) is 10.2 Å². The van der Waals surface area contributed by atoms with E-state index >= 15 is 0 Å². The van der Waals surface area contributed by atoms with Crippen LogP contribution in [0.15, 0.2) is 49.1 Å². The van der Waals surface area contributed by atoms with E-state index in [-0.39, 0.29) is 11.5 Å². The Morgan fingerprint density at radius 3 is 2.87 bits per heavy atom. The molecule has 0 radical (unpaired) electrons. The molecule has 1 aromatic carbocycles. The molecular formula is C22H20F2N6O. The Bertz CT molecular complexity index is 1260. The number of anilines is 2. The molecule has 0 fully saturated rings. The number of amides is 1. The second kappa shape index (κ2) is 7.50. The van der Waals surface area contributed by atoms with Crippen LogP contribution in [0.2, 0.25) is 0 Å². The highest BCUT2D eigenvalue weighted by atomic mass is 19.3. The molecule has 5 rings (SSSR count). The van der Waals surface area contributed by atoms with Gasteiger partial charge in [0.05, 0.1) is 23.5 Å². The lowest BCUT2D eigenvalue weighted by atomic mass is 9.93. The van der Waals surface area contributed by atoms with E-state index in [1.807, 2.05) is 23.1 Å². The molecule has 0 aliphatic carbocycles. The quantitative estimate of drug-likeness (QED) is 0.519. The summed E-state index contributed by atoms with van der Waals surface area (Å²) in [4.78, 5) is 14.2. The number of pyridine rings is 1. The predicted molar refractivity (Wildman–Crippen MR) is 113 cm³/mol. The number of hydrogen-bond donors (Lipinski definition) is 2. The van der Waals surface area contributed by atoms with Gasteiger partial charge >= 0.3 is 0 Å². The zero-order valence-corrected chi connectivity index (χ0v) is 16.8. The van der Waals surface area contributed by atoms with Crippen molar-refractivity contribution in [1.29, 1.82) is 0 Å². The number of carbonyl (C=O) groups is 1. The fourth-order valence-corrected chi connectivity index (χ4v) is 4.19. The van der Waals surface area contributed by atoms with Gasteiger partial charge in [0.2, 0.25) is 0 Å². The van der Waals surface area contributed by atoms with Gasteiger partial charge in [-0.25, -0.2) is 13.3 Å². The molecule has 0 saturated heterocycles. The van der Waals surface area contributed by atoms with Crippen LogP contribution in [-0.4, -0.2) is 39.3 Å². The second-order valence-electron chi connectivity index (χ2n) is 7.46. The maximum Gasteiger partial charge on any atom is 0.264 e. The Labute approximate surface area is 176 Å². The maximum atomic E-state index is 14.0. The largest absolute Gasteiger partial charge is 0.355 e. The molecule has 0 atom stereocenters. The number of rotatable bonds is 4. The summed E-state index contributed by atoms with van der Waals surface area (Å²) in [5.41, 5.74) is 4.84. The Balaban J connectivity index is 1.63. The van der Waals surface area contributed by atoms with Crippen molar-refractivity contribution in [2.75, 3.05) is 18.5 Å². The van der Waals surface area contributed by atoms with E-state index in [2.05, 4.69) is 20.6 Å². The second-order valence-corrected chi connectivity index (χ2v) is 7.46. The van der Waals surface area contributed by atoms with Gasteiger partial charge < -0.3 is 10.2 Å². The monoisotopic (exact) mass is 422 g/mol. The lowest BCUT2D eigenvalue weighted by molar-refractivity contribution is 0.0964. The summed E-state index contributed by atoms with van der Waals surface area (Å²) in [6.07, 6.45) is 5.56. The number of fused-ring (bicyclic) bond motifs is 2. The zero-order chi connectivity index (χ0) is 21.5. The van der Waals surface area contributed by atoms with Crippen molar-refractivity contribution in [3.05, 3.63) is 65.7 Å². The molecule has 7 nitrogen and oxygen atoms in total. The van der Waals surface area contributed by atoms with Gasteiger partial charge in [0.1, 0.15) is 0 Å². The van der Waals surface area contributed by atoms with Crippen molar-refractivity contribution in [3.8, 4) is 11.1 Å². The number of aryl methyl sites for hydroxylation is 1. The highest BCUT2D eigenvalue weighted by Crippen LogP contribution is 2.41. The number of nitrogens with one attached hydrogen (secondary N) is 2. The number of carbonyl (C=O) groups excluding carboxylic acids is 1. The van der Waals surface area contributed by atoms with E-state index in [9.17, 15) is 13.6 Å². The van der Waals surface area contributed by atoms with E-state index in [0.717, 1.165) is 29.8 Å². The van der Waals surface area contributed by atoms with Crippen LogP contribution in [0.1, 0.15) is 34.3 Å². The average molecular weight is 422 g/mol. The van der Waals surface area contributed by atoms with Gasteiger partial charge in [-0.05, 0) is 48.2 Å². The third-order valence-electron chi connectivity index (χ3n) is 5.70. The molecule has 0 bridgehead atoms. The molecule has 1 aliphatic heterocycles. The molecular weight excluding hydrogens is 402 g/mol. The lowest BCUT2D eigenvalue weighted by Crippen LogP contribution is -2.25. The van der Waals surface area contributed by atoms with E-state index in [0.29, 0.717) is 28.8 Å². The van der Waals surface area contributed by atoms with Crippen molar-refractivity contribution < 1.29 is 13.6 Å². The van der Waals surface area contributed by atoms with Crippen molar-refractivity contribution in [2.45, 2.75) is 19.3 Å². The average Bonchev–Trinajstić information content (AvgIpc) is 3.47. The van der Waals surface area contributed by atoms with Crippen LogP contribution in [-0.2, 0) is 6.42 Å². The SMILES string of the molecule is CNC(=O)c1cnn2ccc(N3CCCc4cc(-c5cn[nH]c5)c(C(F)F)cc43)cc12. The molecule has 1 aliphatic rings. The van der Waals surface area contributed by atoms with Crippen LogP contribution in [0, 0.1) is 0 Å². The molecule has 0 unspecified atom stereocenters. The summed E-state index contributed by atoms with van der Waals surface area (Å²) >= 11 is 0. The lowest BCUT2D eigenvalue weighted by Gasteiger charge is -2.32. The molecule has 4 aromatic rings. The van der Waals surface area contributed by atoms with E-state index in [1.54, 1.807) is 36.2 Å². The highest BCUT2D eigenvalue weighted by molar-refractivity contribution is 6.01. The zero-order valence-electron chi connectivity index (χ0n) is 16.8. The molecule has 0 spiro atoms. The van der Waals surface area contributed by atoms with Crippen LogP contribution in [0.4, 0.5) is 20.2 Å². The normalized spacial score (nSPS) is 13.6. The molecule has 158 valence electrons. The van der Waals surface area contributed by atoms with E-state index in [1.165, 1.54) is 6.20 Å². The Morgan fingerprint density at radius 2 is 2.13 bits per heavy atom. The third-order valence-corrected chi connectivity index (χ3v) is 5.70. The smallest absolute Gasteiger partial charge is 0.264 e. The number of alkyl halides is 2. The van der Waals surface area contributed by atoms with Gasteiger partial charge in [0.25, 0.3) is 12.3 Å². The Hall–Kier alpha value is -3.75. The number of aromatic amines is 1. The van der Waals surface area contributed by atoms with Gasteiger partial charge in [-0.15, -0.1) is 0 Å². The summed E-state index contributed by atoms with van der Waals surface area (Å²) < 4.78 is 29.6. The standard InChI is InChI=1S/C22H20F2N6O/c1-25-22(31)18-12-28-30-6-4-15(8-20(18)30)29-5-2-3-13-7-16(14-10-26-27-11-14)17(21(23)24)9-19(13)29/h4,6-12,21H,2-3,5H2,1H3,(H,25,31)(H,26,27). The molecule has 2 N–H and O–H groups in total. The summed E-state index contributed by atoms with van der Waals surface area (Å²) in [5.74, 6) is -0.226. The van der Waals surface area contributed by atoms with E-state index in [4.69, 9.17) is 0 Å². The minimum Gasteiger partial charge on any atom is -0.355 e. The number of nitrogens with zero attached hydrogens (tertiary/aromatic N) is 4. The van der Waals surface area contributed by atoms with Crippen molar-refractivity contribution in [1.82, 2.24) is 25.1 Å². The number of H-pyrrole nitrogens is 1. The maximum absolute atomic E-state index is 14.0.